The van der Waals surface area contributed by atoms with E-state index in [1.165, 1.54) is 18.4 Å². The third-order valence-electron chi connectivity index (χ3n) is 5.60. The van der Waals surface area contributed by atoms with Gasteiger partial charge < -0.3 is 19.1 Å². The molecule has 37 heavy (non-hydrogen) atoms. The Bertz CT molecular complexity index is 1400. The number of benzene rings is 2. The molecule has 2 aromatic carbocycles. The number of carbonyl (C=O) groups is 2. The first kappa shape index (κ1) is 25.9. The SMILES string of the molecule is COc1cc(C(=O)N2C=CCC2)ccc1OC(=O)c1sc(-c2ccc(OCC(C)C)c(C#N)c2)nc1C. The van der Waals surface area contributed by atoms with Crippen molar-refractivity contribution in [2.24, 2.45) is 5.92 Å². The topological polar surface area (TPSA) is 102 Å². The lowest BCUT2D eigenvalue weighted by atomic mass is 10.1. The molecule has 0 saturated heterocycles. The van der Waals surface area contributed by atoms with Crippen LogP contribution in [0.1, 0.15) is 51.6 Å². The van der Waals surface area contributed by atoms with Gasteiger partial charge >= 0.3 is 5.97 Å². The van der Waals surface area contributed by atoms with Gasteiger partial charge in [0.15, 0.2) is 11.5 Å². The minimum atomic E-state index is -0.585. The third-order valence-corrected chi connectivity index (χ3v) is 6.78. The number of aromatic nitrogens is 1. The van der Waals surface area contributed by atoms with Gasteiger partial charge in [-0.25, -0.2) is 9.78 Å². The number of thiazole rings is 1. The van der Waals surface area contributed by atoms with Gasteiger partial charge in [-0.15, -0.1) is 11.3 Å². The Morgan fingerprint density at radius 3 is 2.62 bits per heavy atom. The van der Waals surface area contributed by atoms with Crippen molar-refractivity contribution in [1.29, 1.82) is 5.26 Å². The summed E-state index contributed by atoms with van der Waals surface area (Å²) in [5.74, 6) is 0.597. The van der Waals surface area contributed by atoms with Crippen LogP contribution in [0, 0.1) is 24.2 Å². The normalized spacial score (nSPS) is 12.5. The van der Waals surface area contributed by atoms with E-state index in [1.54, 1.807) is 48.4 Å². The maximum Gasteiger partial charge on any atom is 0.355 e. The van der Waals surface area contributed by atoms with E-state index in [9.17, 15) is 14.9 Å². The summed E-state index contributed by atoms with van der Waals surface area (Å²) < 4.78 is 16.8. The molecule has 0 radical (unpaired) electrons. The number of rotatable bonds is 8. The van der Waals surface area contributed by atoms with Crippen molar-refractivity contribution < 1.29 is 23.8 Å². The fourth-order valence-electron chi connectivity index (χ4n) is 3.70. The molecule has 3 aromatic rings. The number of amides is 1. The number of carbonyl (C=O) groups excluding carboxylic acids is 2. The molecule has 0 aliphatic carbocycles. The molecular formula is C28H27N3O5S. The molecule has 0 saturated carbocycles. The van der Waals surface area contributed by atoms with Gasteiger partial charge in [0.2, 0.25) is 0 Å². The molecule has 4 rings (SSSR count). The summed E-state index contributed by atoms with van der Waals surface area (Å²) in [5.41, 5.74) is 2.06. The molecule has 8 nitrogen and oxygen atoms in total. The average Bonchev–Trinajstić information content (AvgIpc) is 3.57. The predicted octanol–water partition coefficient (Wildman–Crippen LogP) is 5.61. The van der Waals surface area contributed by atoms with Crippen LogP contribution in [0.3, 0.4) is 0 Å². The highest BCUT2D eigenvalue weighted by atomic mass is 32.1. The van der Waals surface area contributed by atoms with E-state index in [1.807, 2.05) is 26.0 Å². The van der Waals surface area contributed by atoms with Crippen LogP contribution < -0.4 is 14.2 Å². The second-order valence-electron chi connectivity index (χ2n) is 8.89. The molecule has 0 fully saturated rings. The first-order chi connectivity index (χ1) is 17.8. The molecule has 0 unspecified atom stereocenters. The average molecular weight is 518 g/mol. The second kappa shape index (κ2) is 11.3. The molecule has 0 N–H and O–H groups in total. The lowest BCUT2D eigenvalue weighted by Gasteiger charge is -2.15. The zero-order valence-electron chi connectivity index (χ0n) is 21.1. The number of nitriles is 1. The number of nitrogens with zero attached hydrogens (tertiary/aromatic N) is 3. The summed E-state index contributed by atoms with van der Waals surface area (Å²) in [6, 6.07) is 12.2. The Morgan fingerprint density at radius 2 is 1.95 bits per heavy atom. The van der Waals surface area contributed by atoms with E-state index in [4.69, 9.17) is 14.2 Å². The number of methoxy groups -OCH3 is 1. The maximum atomic E-state index is 13.0. The van der Waals surface area contributed by atoms with Crippen LogP contribution in [-0.4, -0.2) is 42.0 Å². The lowest BCUT2D eigenvalue weighted by molar-refractivity contribution is 0.0733. The van der Waals surface area contributed by atoms with Crippen LogP contribution in [0.25, 0.3) is 10.6 Å². The number of ether oxygens (including phenoxy) is 3. The first-order valence-corrected chi connectivity index (χ1v) is 12.6. The van der Waals surface area contributed by atoms with Gasteiger partial charge in [-0.2, -0.15) is 5.26 Å². The molecule has 0 bridgehead atoms. The van der Waals surface area contributed by atoms with Crippen LogP contribution in [0.15, 0.2) is 48.7 Å². The molecule has 1 aliphatic heterocycles. The molecular weight excluding hydrogens is 490 g/mol. The van der Waals surface area contributed by atoms with Crippen molar-refractivity contribution in [3.8, 4) is 33.9 Å². The van der Waals surface area contributed by atoms with Crippen LogP contribution in [0.4, 0.5) is 0 Å². The Kier molecular flexibility index (Phi) is 7.89. The summed E-state index contributed by atoms with van der Waals surface area (Å²) in [7, 11) is 1.45. The van der Waals surface area contributed by atoms with Gasteiger partial charge in [0.1, 0.15) is 21.7 Å². The van der Waals surface area contributed by atoms with Gasteiger partial charge in [-0.05, 0) is 55.7 Å². The summed E-state index contributed by atoms with van der Waals surface area (Å²) in [6.45, 7) is 6.94. The Labute approximate surface area is 219 Å². The minimum absolute atomic E-state index is 0.148. The van der Waals surface area contributed by atoms with Crippen LogP contribution in [0.5, 0.6) is 17.2 Å². The molecule has 2 heterocycles. The standard InChI is InChI=1S/C28H27N3O5S/c1-17(2)16-35-22-9-7-19(13-21(22)15-29)26-30-18(3)25(37-26)28(33)36-23-10-8-20(14-24(23)34-4)27(32)31-11-5-6-12-31/h5,7-11,13-14,17H,6,12,16H2,1-4H3. The number of hydrogen-bond donors (Lipinski definition) is 0. The van der Waals surface area contributed by atoms with E-state index < -0.39 is 5.97 Å². The zero-order valence-corrected chi connectivity index (χ0v) is 21.9. The van der Waals surface area contributed by atoms with Crippen molar-refractivity contribution in [2.45, 2.75) is 27.2 Å². The molecule has 0 atom stereocenters. The summed E-state index contributed by atoms with van der Waals surface area (Å²) in [5, 5.41) is 10.2. The van der Waals surface area contributed by atoms with E-state index in [-0.39, 0.29) is 17.4 Å². The number of hydrogen-bond acceptors (Lipinski definition) is 8. The van der Waals surface area contributed by atoms with Crippen molar-refractivity contribution in [2.75, 3.05) is 20.3 Å². The fraction of sp³-hybridized carbons (Fsp3) is 0.286. The second-order valence-corrected chi connectivity index (χ2v) is 9.89. The Hall–Kier alpha value is -4.16. The van der Waals surface area contributed by atoms with Gasteiger partial charge in [-0.1, -0.05) is 19.9 Å². The van der Waals surface area contributed by atoms with Crippen molar-refractivity contribution in [1.82, 2.24) is 9.88 Å². The summed E-state index contributed by atoms with van der Waals surface area (Å²) >= 11 is 1.18. The molecule has 1 aromatic heterocycles. The summed E-state index contributed by atoms with van der Waals surface area (Å²) in [6.07, 6.45) is 4.52. The number of aryl methyl sites for hydroxylation is 1. The predicted molar refractivity (Wildman–Crippen MR) is 140 cm³/mol. The quantitative estimate of drug-likeness (QED) is 0.283. The zero-order chi connectivity index (χ0) is 26.5. The molecule has 0 spiro atoms. The number of esters is 1. The first-order valence-electron chi connectivity index (χ1n) is 11.8. The fourth-order valence-corrected chi connectivity index (χ4v) is 4.64. The van der Waals surface area contributed by atoms with Crippen LogP contribution in [-0.2, 0) is 0 Å². The minimum Gasteiger partial charge on any atom is -0.493 e. The van der Waals surface area contributed by atoms with Gasteiger partial charge in [0, 0.05) is 23.9 Å². The van der Waals surface area contributed by atoms with Gasteiger partial charge in [0.25, 0.3) is 5.91 Å². The highest BCUT2D eigenvalue weighted by Gasteiger charge is 2.22. The Morgan fingerprint density at radius 1 is 1.16 bits per heavy atom. The third kappa shape index (κ3) is 5.81. The van der Waals surface area contributed by atoms with Gasteiger partial charge in [0.05, 0.1) is 25.0 Å². The van der Waals surface area contributed by atoms with E-state index in [2.05, 4.69) is 11.1 Å². The van der Waals surface area contributed by atoms with Crippen molar-refractivity contribution in [3.05, 3.63) is 70.4 Å². The maximum absolute atomic E-state index is 13.0. The molecule has 1 amide bonds. The smallest absolute Gasteiger partial charge is 0.355 e. The largest absolute Gasteiger partial charge is 0.493 e. The van der Waals surface area contributed by atoms with Crippen LogP contribution >= 0.6 is 11.3 Å². The van der Waals surface area contributed by atoms with E-state index in [0.29, 0.717) is 57.1 Å². The highest BCUT2D eigenvalue weighted by molar-refractivity contribution is 7.17. The molecule has 1 aliphatic rings. The summed E-state index contributed by atoms with van der Waals surface area (Å²) in [4.78, 5) is 32.2. The molecule has 190 valence electrons. The monoisotopic (exact) mass is 517 g/mol. The highest BCUT2D eigenvalue weighted by Crippen LogP contribution is 2.34. The van der Waals surface area contributed by atoms with Gasteiger partial charge in [-0.3, -0.25) is 4.79 Å². The Balaban J connectivity index is 1.53. The van der Waals surface area contributed by atoms with Crippen LogP contribution in [0.2, 0.25) is 0 Å². The lowest BCUT2D eigenvalue weighted by Crippen LogP contribution is -2.23. The van der Waals surface area contributed by atoms with Crippen molar-refractivity contribution in [3.63, 3.8) is 0 Å². The van der Waals surface area contributed by atoms with E-state index >= 15 is 0 Å². The van der Waals surface area contributed by atoms with Crippen molar-refractivity contribution >= 4 is 23.2 Å². The molecule has 9 heteroatoms. The van der Waals surface area contributed by atoms with E-state index in [0.717, 1.165) is 6.42 Å².